The molecule has 0 radical (unpaired) electrons. The summed E-state index contributed by atoms with van der Waals surface area (Å²) in [4.78, 5) is 2.95. The lowest BCUT2D eigenvalue weighted by Crippen LogP contribution is -1.91. The topological polar surface area (TPSA) is 0 Å². The number of rotatable bonds is 2. The van der Waals surface area contributed by atoms with E-state index in [1.54, 1.807) is 0 Å². The van der Waals surface area contributed by atoms with Gasteiger partial charge in [0.05, 0.1) is 4.83 Å². The van der Waals surface area contributed by atoms with Gasteiger partial charge in [-0.1, -0.05) is 62.2 Å². The van der Waals surface area contributed by atoms with Gasteiger partial charge >= 0.3 is 0 Å². The average Bonchev–Trinajstić information content (AvgIpc) is 2.86. The van der Waals surface area contributed by atoms with Gasteiger partial charge < -0.3 is 0 Å². The highest BCUT2D eigenvalue weighted by atomic mass is 79.9. The molecular weight excluding hydrogens is 384 g/mol. The number of alkyl halides is 1. The highest BCUT2D eigenvalue weighted by molar-refractivity contribution is 9.10. The fourth-order valence-corrected chi connectivity index (χ4v) is 4.43. The lowest BCUT2D eigenvalue weighted by atomic mass is 10.0. The summed E-state index contributed by atoms with van der Waals surface area (Å²) >= 11 is 9.32. The van der Waals surface area contributed by atoms with Crippen molar-refractivity contribution in [1.29, 1.82) is 0 Å². The van der Waals surface area contributed by atoms with Crippen LogP contribution in [0.3, 0.4) is 0 Å². The smallest absolute Gasteiger partial charge is 0.0744 e. The van der Waals surface area contributed by atoms with E-state index in [9.17, 15) is 0 Å². The predicted octanol–water partition coefficient (Wildman–Crippen LogP) is 6.46. The molecule has 0 amide bonds. The molecule has 0 saturated heterocycles. The van der Waals surface area contributed by atoms with E-state index < -0.39 is 0 Å². The second-order valence-corrected chi connectivity index (χ2v) is 7.58. The van der Waals surface area contributed by atoms with Crippen LogP contribution in [0.1, 0.15) is 20.1 Å². The van der Waals surface area contributed by atoms with Crippen molar-refractivity contribution < 1.29 is 0 Å². The maximum Gasteiger partial charge on any atom is 0.0744 e. The summed E-state index contributed by atoms with van der Waals surface area (Å²) in [5.74, 6) is 0. The van der Waals surface area contributed by atoms with Crippen molar-refractivity contribution in [3.8, 4) is 0 Å². The lowest BCUT2D eigenvalue weighted by Gasteiger charge is -2.13. The van der Waals surface area contributed by atoms with Gasteiger partial charge in [0.2, 0.25) is 0 Å². The minimum atomic E-state index is 0.254. The largest absolute Gasteiger partial charge is 0.144 e. The molecule has 19 heavy (non-hydrogen) atoms. The predicted molar refractivity (Wildman–Crippen MR) is 91.5 cm³/mol. The first-order valence-electron chi connectivity index (χ1n) is 6.04. The Kier molecular flexibility index (Phi) is 3.79. The fraction of sp³-hybridized carbons (Fsp3) is 0.125. The van der Waals surface area contributed by atoms with Crippen LogP contribution < -0.4 is 0 Å². The van der Waals surface area contributed by atoms with Crippen molar-refractivity contribution in [2.45, 2.75) is 11.8 Å². The van der Waals surface area contributed by atoms with E-state index in [1.165, 1.54) is 26.1 Å². The number of halogens is 2. The number of fused-ring (bicyclic) bond motifs is 1. The summed E-state index contributed by atoms with van der Waals surface area (Å²) < 4.78 is 1.15. The number of hydrogen-bond donors (Lipinski definition) is 0. The van der Waals surface area contributed by atoms with Crippen molar-refractivity contribution in [2.24, 2.45) is 0 Å². The molecule has 0 aliphatic heterocycles. The van der Waals surface area contributed by atoms with Gasteiger partial charge in [0.15, 0.2) is 0 Å². The number of thiophene rings is 1. The minimum Gasteiger partial charge on any atom is -0.144 e. The van der Waals surface area contributed by atoms with Crippen molar-refractivity contribution in [3.05, 3.63) is 68.3 Å². The van der Waals surface area contributed by atoms with Crippen molar-refractivity contribution >= 4 is 54.0 Å². The first-order chi connectivity index (χ1) is 9.16. The van der Waals surface area contributed by atoms with Gasteiger partial charge in [-0.3, -0.25) is 0 Å². The molecule has 2 aromatic carbocycles. The zero-order valence-corrected chi connectivity index (χ0v) is 14.3. The van der Waals surface area contributed by atoms with Crippen LogP contribution in [0.4, 0.5) is 0 Å². The maximum atomic E-state index is 3.85. The number of hydrogen-bond acceptors (Lipinski definition) is 1. The van der Waals surface area contributed by atoms with E-state index in [0.29, 0.717) is 0 Å². The quantitative estimate of drug-likeness (QED) is 0.437. The first-order valence-corrected chi connectivity index (χ1v) is 8.57. The molecule has 0 spiro atoms. The molecule has 0 fully saturated rings. The Labute approximate surface area is 133 Å². The second kappa shape index (κ2) is 5.39. The molecular formula is C16H12Br2S. The van der Waals surface area contributed by atoms with Gasteiger partial charge in [-0.15, -0.1) is 11.3 Å². The molecule has 3 heteroatoms. The molecule has 1 unspecified atom stereocenters. The van der Waals surface area contributed by atoms with E-state index in [1.807, 2.05) is 11.3 Å². The molecule has 0 bridgehead atoms. The Morgan fingerprint density at radius 2 is 1.68 bits per heavy atom. The average molecular weight is 396 g/mol. The zero-order valence-electron chi connectivity index (χ0n) is 10.4. The van der Waals surface area contributed by atoms with Gasteiger partial charge in [-0.05, 0) is 41.5 Å². The molecule has 0 nitrogen and oxygen atoms in total. The third kappa shape index (κ3) is 2.51. The Hall–Kier alpha value is -0.640. The molecule has 0 saturated carbocycles. The molecule has 3 aromatic rings. The van der Waals surface area contributed by atoms with Crippen LogP contribution in [-0.2, 0) is 0 Å². The first kappa shape index (κ1) is 13.3. The SMILES string of the molecule is Cc1ccc(C(Br)c2ccc(Br)c3ccccc23)s1. The summed E-state index contributed by atoms with van der Waals surface area (Å²) in [6.45, 7) is 2.15. The van der Waals surface area contributed by atoms with Crippen LogP contribution in [0, 0.1) is 6.92 Å². The minimum absolute atomic E-state index is 0.254. The molecule has 0 aliphatic rings. The standard InChI is InChI=1S/C16H12Br2S/c1-10-6-9-15(19-10)16(18)13-7-8-14(17)12-5-3-2-4-11(12)13/h2-9,16H,1H3. The van der Waals surface area contributed by atoms with Gasteiger partial charge in [-0.2, -0.15) is 0 Å². The van der Waals surface area contributed by atoms with Gasteiger partial charge in [0, 0.05) is 14.2 Å². The van der Waals surface area contributed by atoms with Crippen LogP contribution in [0.15, 0.2) is 53.0 Å². The molecule has 3 rings (SSSR count). The van der Waals surface area contributed by atoms with Crippen molar-refractivity contribution in [3.63, 3.8) is 0 Å². The molecule has 96 valence electrons. The maximum absolute atomic E-state index is 3.85. The molecule has 1 atom stereocenters. The monoisotopic (exact) mass is 394 g/mol. The van der Waals surface area contributed by atoms with Crippen LogP contribution in [-0.4, -0.2) is 0 Å². The summed E-state index contributed by atoms with van der Waals surface area (Å²) in [6, 6.07) is 17.2. The molecule has 0 aliphatic carbocycles. The number of benzene rings is 2. The van der Waals surface area contributed by atoms with E-state index in [4.69, 9.17) is 0 Å². The molecule has 0 N–H and O–H groups in total. The third-order valence-corrected chi connectivity index (χ3v) is 6.24. The van der Waals surface area contributed by atoms with Gasteiger partial charge in [0.1, 0.15) is 0 Å². The van der Waals surface area contributed by atoms with Gasteiger partial charge in [0.25, 0.3) is 0 Å². The molecule has 1 aromatic heterocycles. The van der Waals surface area contributed by atoms with Gasteiger partial charge in [-0.25, -0.2) is 0 Å². The summed E-state index contributed by atoms with van der Waals surface area (Å²) in [5, 5.41) is 2.56. The summed E-state index contributed by atoms with van der Waals surface area (Å²) in [5.41, 5.74) is 1.32. The van der Waals surface area contributed by atoms with Crippen LogP contribution in [0.2, 0.25) is 0 Å². The van der Waals surface area contributed by atoms with E-state index >= 15 is 0 Å². The highest BCUT2D eigenvalue weighted by Gasteiger charge is 2.15. The number of aryl methyl sites for hydroxylation is 1. The van der Waals surface area contributed by atoms with Crippen molar-refractivity contribution in [1.82, 2.24) is 0 Å². The lowest BCUT2D eigenvalue weighted by molar-refractivity contribution is 1.25. The highest BCUT2D eigenvalue weighted by Crippen LogP contribution is 2.39. The Morgan fingerprint density at radius 1 is 0.947 bits per heavy atom. The summed E-state index contributed by atoms with van der Waals surface area (Å²) in [7, 11) is 0. The van der Waals surface area contributed by atoms with E-state index in [2.05, 4.69) is 87.3 Å². The fourth-order valence-electron chi connectivity index (χ4n) is 2.25. The summed E-state index contributed by atoms with van der Waals surface area (Å²) in [6.07, 6.45) is 0. The van der Waals surface area contributed by atoms with E-state index in [-0.39, 0.29) is 4.83 Å². The third-order valence-electron chi connectivity index (χ3n) is 3.19. The normalized spacial score (nSPS) is 12.8. The van der Waals surface area contributed by atoms with Crippen LogP contribution in [0.25, 0.3) is 10.8 Å². The van der Waals surface area contributed by atoms with Crippen LogP contribution >= 0.6 is 43.2 Å². The Morgan fingerprint density at radius 3 is 2.37 bits per heavy atom. The molecule has 1 heterocycles. The Balaban J connectivity index is 2.18. The zero-order chi connectivity index (χ0) is 13.4. The second-order valence-electron chi connectivity index (χ2n) is 4.49. The van der Waals surface area contributed by atoms with E-state index in [0.717, 1.165) is 4.47 Å². The van der Waals surface area contributed by atoms with Crippen LogP contribution in [0.5, 0.6) is 0 Å². The Bertz CT molecular complexity index is 730. The van der Waals surface area contributed by atoms with Crippen molar-refractivity contribution in [2.75, 3.05) is 0 Å².